The molecule has 0 aliphatic heterocycles. The summed E-state index contributed by atoms with van der Waals surface area (Å²) in [6.45, 7) is 1.53. The summed E-state index contributed by atoms with van der Waals surface area (Å²) in [6.07, 6.45) is -15.9. The number of alkyl halides is 7. The lowest BCUT2D eigenvalue weighted by Crippen LogP contribution is -2.46. The van der Waals surface area contributed by atoms with Gasteiger partial charge in [-0.05, 0) is 13.8 Å². The van der Waals surface area contributed by atoms with Gasteiger partial charge in [-0.25, -0.2) is 4.79 Å². The number of rotatable bonds is 5. The fourth-order valence-electron chi connectivity index (χ4n) is 0.859. The summed E-state index contributed by atoms with van der Waals surface area (Å²) < 4.78 is 80.6. The Kier molecular flexibility index (Phi) is 6.76. The SMILES string of the molecule is CC(C)(CI)C(=O)OCC(=O)OC(C(F)(F)F)C(F)(F)F. The van der Waals surface area contributed by atoms with E-state index in [0.717, 1.165) is 0 Å². The lowest BCUT2D eigenvalue weighted by atomic mass is 9.97. The molecule has 0 saturated heterocycles. The second-order valence-electron chi connectivity index (χ2n) is 4.55. The molecule has 0 N–H and O–H groups in total. The van der Waals surface area contributed by atoms with E-state index < -0.39 is 42.4 Å². The van der Waals surface area contributed by atoms with Gasteiger partial charge in [0, 0.05) is 4.43 Å². The second kappa shape index (κ2) is 7.01. The summed E-state index contributed by atoms with van der Waals surface area (Å²) in [4.78, 5) is 22.4. The molecule has 124 valence electrons. The highest BCUT2D eigenvalue weighted by Gasteiger charge is 2.59. The zero-order valence-corrected chi connectivity index (χ0v) is 12.9. The highest BCUT2D eigenvalue weighted by molar-refractivity contribution is 14.1. The standard InChI is InChI=1S/C10H11F6IO4/c1-8(2,4-17)7(19)20-3-5(18)21-6(9(11,12)13)10(14,15)16/h6H,3-4H2,1-2H3. The average molecular weight is 436 g/mol. The van der Waals surface area contributed by atoms with Crippen LogP contribution in [0.3, 0.4) is 0 Å². The Labute approximate surface area is 129 Å². The molecular formula is C10H11F6IO4. The molecule has 11 heteroatoms. The predicted molar refractivity (Wildman–Crippen MR) is 65.6 cm³/mol. The van der Waals surface area contributed by atoms with E-state index >= 15 is 0 Å². The van der Waals surface area contributed by atoms with Gasteiger partial charge in [0.15, 0.2) is 6.61 Å². The molecule has 0 aromatic heterocycles. The second-order valence-corrected chi connectivity index (χ2v) is 5.31. The van der Waals surface area contributed by atoms with Crippen molar-refractivity contribution in [1.29, 1.82) is 0 Å². The summed E-state index contributed by atoms with van der Waals surface area (Å²) in [5.74, 6) is -2.88. The first-order chi connectivity index (χ1) is 9.21. The van der Waals surface area contributed by atoms with E-state index in [1.54, 1.807) is 0 Å². The number of carbonyl (C=O) groups is 2. The maximum Gasteiger partial charge on any atom is 0.434 e. The normalized spacial score (nSPS) is 13.2. The van der Waals surface area contributed by atoms with Gasteiger partial charge in [-0.1, -0.05) is 22.6 Å². The van der Waals surface area contributed by atoms with Gasteiger partial charge in [0.1, 0.15) is 0 Å². The number of hydrogen-bond donors (Lipinski definition) is 0. The van der Waals surface area contributed by atoms with Gasteiger partial charge in [-0.15, -0.1) is 0 Å². The number of halogens is 7. The Hall–Kier alpha value is -0.750. The minimum atomic E-state index is -5.81. The molecule has 0 aliphatic rings. The zero-order valence-electron chi connectivity index (χ0n) is 10.8. The largest absolute Gasteiger partial charge is 0.453 e. The number of ether oxygens (including phenoxy) is 2. The first-order valence-electron chi connectivity index (χ1n) is 5.28. The Balaban J connectivity index is 4.66. The summed E-state index contributed by atoms with van der Waals surface area (Å²) in [6, 6.07) is 0. The van der Waals surface area contributed by atoms with Crippen LogP contribution in [0, 0.1) is 5.41 Å². The fraction of sp³-hybridized carbons (Fsp3) is 0.800. The van der Waals surface area contributed by atoms with Crippen molar-refractivity contribution in [2.24, 2.45) is 5.41 Å². The van der Waals surface area contributed by atoms with Crippen LogP contribution >= 0.6 is 22.6 Å². The van der Waals surface area contributed by atoms with Crippen molar-refractivity contribution < 1.29 is 45.4 Å². The van der Waals surface area contributed by atoms with E-state index in [1.807, 2.05) is 22.6 Å². The quantitative estimate of drug-likeness (QED) is 0.288. The topological polar surface area (TPSA) is 52.6 Å². The molecule has 0 rings (SSSR count). The van der Waals surface area contributed by atoms with Crippen LogP contribution in [0.25, 0.3) is 0 Å². The lowest BCUT2D eigenvalue weighted by Gasteiger charge is -2.23. The third kappa shape index (κ3) is 6.70. The molecule has 0 aromatic carbocycles. The molecule has 0 saturated carbocycles. The molecule has 0 atom stereocenters. The van der Waals surface area contributed by atoms with Gasteiger partial charge >= 0.3 is 24.3 Å². The third-order valence-corrected chi connectivity index (χ3v) is 3.96. The van der Waals surface area contributed by atoms with Crippen molar-refractivity contribution in [3.63, 3.8) is 0 Å². The smallest absolute Gasteiger partial charge is 0.434 e. The van der Waals surface area contributed by atoms with Gasteiger partial charge in [0.25, 0.3) is 6.10 Å². The molecule has 0 amide bonds. The number of hydrogen-bond acceptors (Lipinski definition) is 4. The molecule has 4 nitrogen and oxygen atoms in total. The minimum absolute atomic E-state index is 0.270. The summed E-state index contributed by atoms with van der Waals surface area (Å²) in [5.41, 5.74) is -1.03. The Morgan fingerprint density at radius 3 is 1.81 bits per heavy atom. The average Bonchev–Trinajstić information content (AvgIpc) is 2.29. The van der Waals surface area contributed by atoms with Gasteiger partial charge in [-0.3, -0.25) is 4.79 Å². The van der Waals surface area contributed by atoms with Gasteiger partial charge in [0.05, 0.1) is 5.41 Å². The first kappa shape index (κ1) is 20.2. The Morgan fingerprint density at radius 2 is 1.48 bits per heavy atom. The number of esters is 2. The van der Waals surface area contributed by atoms with E-state index in [-0.39, 0.29) is 4.43 Å². The van der Waals surface area contributed by atoms with Crippen LogP contribution in [-0.4, -0.2) is 41.4 Å². The van der Waals surface area contributed by atoms with Crippen molar-refractivity contribution >= 4 is 34.5 Å². The third-order valence-electron chi connectivity index (χ3n) is 2.05. The molecule has 0 aromatic rings. The molecule has 21 heavy (non-hydrogen) atoms. The monoisotopic (exact) mass is 436 g/mol. The maximum atomic E-state index is 12.1. The molecule has 0 fully saturated rings. The van der Waals surface area contributed by atoms with Crippen LogP contribution in [-0.2, 0) is 19.1 Å². The summed E-state index contributed by atoms with van der Waals surface area (Å²) in [7, 11) is 0. The molecule has 0 spiro atoms. The fourth-order valence-corrected chi connectivity index (χ4v) is 1.17. The molecular weight excluding hydrogens is 425 g/mol. The van der Waals surface area contributed by atoms with Crippen LogP contribution in [0.5, 0.6) is 0 Å². The van der Waals surface area contributed by atoms with Crippen molar-refractivity contribution in [3.8, 4) is 0 Å². The van der Waals surface area contributed by atoms with E-state index in [9.17, 15) is 35.9 Å². The van der Waals surface area contributed by atoms with Gasteiger partial charge in [-0.2, -0.15) is 26.3 Å². The van der Waals surface area contributed by atoms with Crippen LogP contribution in [0.1, 0.15) is 13.8 Å². The van der Waals surface area contributed by atoms with Gasteiger partial charge in [0.2, 0.25) is 0 Å². The summed E-state index contributed by atoms with van der Waals surface area (Å²) >= 11 is 1.83. The molecule has 0 unspecified atom stereocenters. The van der Waals surface area contributed by atoms with E-state index in [0.29, 0.717) is 0 Å². The lowest BCUT2D eigenvalue weighted by molar-refractivity contribution is -0.313. The van der Waals surface area contributed by atoms with Crippen LogP contribution < -0.4 is 0 Å². The molecule has 0 aliphatic carbocycles. The van der Waals surface area contributed by atoms with Gasteiger partial charge < -0.3 is 9.47 Å². The highest BCUT2D eigenvalue weighted by atomic mass is 127. The number of carbonyl (C=O) groups excluding carboxylic acids is 2. The Morgan fingerprint density at radius 1 is 1.05 bits per heavy atom. The van der Waals surface area contributed by atoms with Crippen molar-refractivity contribution in [2.45, 2.75) is 32.3 Å². The van der Waals surface area contributed by atoms with E-state index in [4.69, 9.17) is 0 Å². The highest BCUT2D eigenvalue weighted by Crippen LogP contribution is 2.35. The van der Waals surface area contributed by atoms with Crippen molar-refractivity contribution in [1.82, 2.24) is 0 Å². The maximum absolute atomic E-state index is 12.1. The predicted octanol–water partition coefficient (Wildman–Crippen LogP) is 3.03. The molecule has 0 heterocycles. The van der Waals surface area contributed by atoms with E-state index in [2.05, 4.69) is 9.47 Å². The van der Waals surface area contributed by atoms with Crippen molar-refractivity contribution in [3.05, 3.63) is 0 Å². The molecule has 0 radical (unpaired) electrons. The van der Waals surface area contributed by atoms with E-state index in [1.165, 1.54) is 13.8 Å². The molecule has 0 bridgehead atoms. The summed E-state index contributed by atoms with van der Waals surface area (Å²) in [5, 5.41) is 0. The van der Waals surface area contributed by atoms with Crippen molar-refractivity contribution in [2.75, 3.05) is 11.0 Å². The van der Waals surface area contributed by atoms with Crippen LogP contribution in [0.4, 0.5) is 26.3 Å². The Bertz CT molecular complexity index is 376. The van der Waals surface area contributed by atoms with Crippen LogP contribution in [0.15, 0.2) is 0 Å². The van der Waals surface area contributed by atoms with Crippen LogP contribution in [0.2, 0.25) is 0 Å². The minimum Gasteiger partial charge on any atom is -0.453 e. The first-order valence-corrected chi connectivity index (χ1v) is 6.80. The zero-order chi connectivity index (χ0) is 17.1.